The molecule has 1 N–H and O–H groups in total. The van der Waals surface area contributed by atoms with Crippen molar-refractivity contribution in [3.8, 4) is 0 Å². The minimum absolute atomic E-state index is 0.275. The molecule has 2 aliphatic rings. The van der Waals surface area contributed by atoms with E-state index in [0.717, 1.165) is 31.6 Å². The van der Waals surface area contributed by atoms with Crippen LogP contribution in [0.2, 0.25) is 0 Å². The van der Waals surface area contributed by atoms with Gasteiger partial charge in [-0.25, -0.2) is 0 Å². The lowest BCUT2D eigenvalue weighted by molar-refractivity contribution is -0.117. The van der Waals surface area contributed by atoms with Crippen molar-refractivity contribution in [2.24, 2.45) is 0 Å². The van der Waals surface area contributed by atoms with Crippen molar-refractivity contribution < 1.29 is 4.79 Å². The number of hydrogen-bond acceptors (Lipinski definition) is 2. The Morgan fingerprint density at radius 2 is 2.06 bits per heavy atom. The molecule has 0 radical (unpaired) electrons. The molecule has 0 saturated carbocycles. The molecule has 0 aliphatic carbocycles. The summed E-state index contributed by atoms with van der Waals surface area (Å²) < 4.78 is 0. The summed E-state index contributed by atoms with van der Waals surface area (Å²) in [6.07, 6.45) is 2.72. The molecule has 0 aromatic heterocycles. The van der Waals surface area contributed by atoms with E-state index in [-0.39, 0.29) is 5.91 Å². The first-order valence-corrected chi connectivity index (χ1v) is 6.38. The molecular weight excluding hydrogens is 212 g/mol. The third kappa shape index (κ3) is 1.84. The van der Waals surface area contributed by atoms with Crippen LogP contribution < -0.4 is 10.2 Å². The number of nitrogens with one attached hydrogen (secondary N) is 1. The summed E-state index contributed by atoms with van der Waals surface area (Å²) in [5, 5.41) is 3.35. The highest BCUT2D eigenvalue weighted by atomic mass is 16.2. The fourth-order valence-electron chi connectivity index (χ4n) is 2.90. The Hall–Kier alpha value is -1.35. The lowest BCUT2D eigenvalue weighted by Crippen LogP contribution is -2.44. The molecule has 0 bridgehead atoms. The number of rotatable bonds is 1. The van der Waals surface area contributed by atoms with Crippen molar-refractivity contribution in [3.63, 3.8) is 0 Å². The van der Waals surface area contributed by atoms with E-state index in [0.29, 0.717) is 12.5 Å². The Kier molecular flexibility index (Phi) is 2.63. The van der Waals surface area contributed by atoms with Gasteiger partial charge >= 0.3 is 0 Å². The third-order valence-corrected chi connectivity index (χ3v) is 3.78. The average Bonchev–Trinajstić information content (AvgIpc) is 2.65. The van der Waals surface area contributed by atoms with Gasteiger partial charge in [0.1, 0.15) is 0 Å². The van der Waals surface area contributed by atoms with Crippen LogP contribution in [0.25, 0.3) is 0 Å². The Labute approximate surface area is 102 Å². The van der Waals surface area contributed by atoms with Crippen LogP contribution in [0.1, 0.15) is 24.0 Å². The predicted molar refractivity (Wildman–Crippen MR) is 68.3 cm³/mol. The van der Waals surface area contributed by atoms with E-state index in [2.05, 4.69) is 30.4 Å². The highest BCUT2D eigenvalue weighted by Crippen LogP contribution is 2.33. The summed E-state index contributed by atoms with van der Waals surface area (Å²) in [5.41, 5.74) is 3.58. The zero-order chi connectivity index (χ0) is 11.8. The molecule has 1 amide bonds. The van der Waals surface area contributed by atoms with Gasteiger partial charge in [0.2, 0.25) is 5.91 Å². The van der Waals surface area contributed by atoms with Crippen LogP contribution >= 0.6 is 0 Å². The van der Waals surface area contributed by atoms with E-state index in [1.807, 2.05) is 4.90 Å². The predicted octanol–water partition coefficient (Wildman–Crippen LogP) is 1.64. The van der Waals surface area contributed by atoms with Gasteiger partial charge in [-0.15, -0.1) is 0 Å². The summed E-state index contributed by atoms with van der Waals surface area (Å²) in [6, 6.07) is 6.75. The maximum atomic E-state index is 12.1. The second kappa shape index (κ2) is 4.15. The summed E-state index contributed by atoms with van der Waals surface area (Å²) in [5.74, 6) is 0.275. The molecule has 3 nitrogen and oxygen atoms in total. The lowest BCUT2D eigenvalue weighted by Gasteiger charge is -2.32. The van der Waals surface area contributed by atoms with E-state index in [1.54, 1.807) is 0 Å². The van der Waals surface area contributed by atoms with E-state index in [9.17, 15) is 4.79 Å². The number of carbonyl (C=O) groups excluding carboxylic acids is 1. The molecule has 1 fully saturated rings. The summed E-state index contributed by atoms with van der Waals surface area (Å²) in [6.45, 7) is 4.13. The number of aryl methyl sites for hydroxylation is 1. The number of piperidine rings is 1. The topological polar surface area (TPSA) is 32.3 Å². The second-order valence-electron chi connectivity index (χ2n) is 5.05. The first kappa shape index (κ1) is 10.8. The van der Waals surface area contributed by atoms with Gasteiger partial charge in [-0.3, -0.25) is 4.79 Å². The number of nitrogens with zero attached hydrogens (tertiary/aromatic N) is 1. The van der Waals surface area contributed by atoms with Crippen LogP contribution in [0.4, 0.5) is 5.69 Å². The maximum absolute atomic E-state index is 12.1. The summed E-state index contributed by atoms with van der Waals surface area (Å²) in [7, 11) is 0. The number of carbonyl (C=O) groups is 1. The van der Waals surface area contributed by atoms with Crippen molar-refractivity contribution in [2.75, 3.05) is 18.0 Å². The maximum Gasteiger partial charge on any atom is 0.231 e. The van der Waals surface area contributed by atoms with Crippen molar-refractivity contribution in [2.45, 2.75) is 32.2 Å². The number of amides is 1. The minimum atomic E-state index is 0.275. The van der Waals surface area contributed by atoms with Crippen molar-refractivity contribution >= 4 is 11.6 Å². The minimum Gasteiger partial charge on any atom is -0.317 e. The van der Waals surface area contributed by atoms with Crippen LogP contribution in [0, 0.1) is 6.92 Å². The van der Waals surface area contributed by atoms with Crippen LogP contribution in [-0.4, -0.2) is 25.0 Å². The zero-order valence-electron chi connectivity index (χ0n) is 10.2. The largest absolute Gasteiger partial charge is 0.317 e. The summed E-state index contributed by atoms with van der Waals surface area (Å²) >= 11 is 0. The molecule has 3 heteroatoms. The molecule has 1 aromatic carbocycles. The fraction of sp³-hybridized carbons (Fsp3) is 0.500. The van der Waals surface area contributed by atoms with E-state index >= 15 is 0 Å². The van der Waals surface area contributed by atoms with Gasteiger partial charge in [0.15, 0.2) is 0 Å². The molecular formula is C14H18N2O. The number of anilines is 1. The normalized spacial score (nSPS) is 20.8. The van der Waals surface area contributed by atoms with Crippen LogP contribution in [0.15, 0.2) is 18.2 Å². The van der Waals surface area contributed by atoms with Crippen molar-refractivity contribution in [1.82, 2.24) is 5.32 Å². The molecule has 2 aliphatic heterocycles. The van der Waals surface area contributed by atoms with Gasteiger partial charge in [-0.2, -0.15) is 0 Å². The van der Waals surface area contributed by atoms with Crippen molar-refractivity contribution in [3.05, 3.63) is 29.3 Å². The first-order valence-electron chi connectivity index (χ1n) is 6.38. The lowest BCUT2D eigenvalue weighted by atomic mass is 10.0. The van der Waals surface area contributed by atoms with Crippen LogP contribution in [-0.2, 0) is 11.2 Å². The van der Waals surface area contributed by atoms with E-state index < -0.39 is 0 Å². The molecule has 0 spiro atoms. The summed E-state index contributed by atoms with van der Waals surface area (Å²) in [4.78, 5) is 14.2. The quantitative estimate of drug-likeness (QED) is 0.795. The highest BCUT2D eigenvalue weighted by Gasteiger charge is 2.33. The van der Waals surface area contributed by atoms with Gasteiger partial charge in [0, 0.05) is 11.7 Å². The number of benzene rings is 1. The standard InChI is InChI=1S/C14H18N2O/c1-10-2-3-11-9-14(17)16(13(11)8-10)12-4-6-15-7-5-12/h2-3,8,12,15H,4-7,9H2,1H3. The van der Waals surface area contributed by atoms with Gasteiger partial charge in [0.05, 0.1) is 6.42 Å². The van der Waals surface area contributed by atoms with Gasteiger partial charge < -0.3 is 10.2 Å². The molecule has 0 atom stereocenters. The average molecular weight is 230 g/mol. The molecule has 1 aromatic rings. The van der Waals surface area contributed by atoms with E-state index in [4.69, 9.17) is 0 Å². The molecule has 17 heavy (non-hydrogen) atoms. The van der Waals surface area contributed by atoms with Crippen molar-refractivity contribution in [1.29, 1.82) is 0 Å². The Morgan fingerprint density at radius 1 is 1.29 bits per heavy atom. The SMILES string of the molecule is Cc1ccc2c(c1)N(C1CCNCC1)C(=O)C2. The smallest absolute Gasteiger partial charge is 0.231 e. The molecule has 0 unspecified atom stereocenters. The highest BCUT2D eigenvalue weighted by molar-refractivity contribution is 6.02. The Bertz CT molecular complexity index is 450. The third-order valence-electron chi connectivity index (χ3n) is 3.78. The Morgan fingerprint density at radius 3 is 2.82 bits per heavy atom. The van der Waals surface area contributed by atoms with Gasteiger partial charge in [-0.1, -0.05) is 12.1 Å². The van der Waals surface area contributed by atoms with Crippen LogP contribution in [0.5, 0.6) is 0 Å². The monoisotopic (exact) mass is 230 g/mol. The fourth-order valence-corrected chi connectivity index (χ4v) is 2.90. The number of hydrogen-bond donors (Lipinski definition) is 1. The molecule has 3 rings (SSSR count). The van der Waals surface area contributed by atoms with Crippen LogP contribution in [0.3, 0.4) is 0 Å². The van der Waals surface area contributed by atoms with Gasteiger partial charge in [0.25, 0.3) is 0 Å². The molecule has 90 valence electrons. The first-order chi connectivity index (χ1) is 8.25. The Balaban J connectivity index is 1.95. The van der Waals surface area contributed by atoms with Gasteiger partial charge in [-0.05, 0) is 50.0 Å². The zero-order valence-corrected chi connectivity index (χ0v) is 10.2. The molecule has 2 heterocycles. The van der Waals surface area contributed by atoms with E-state index in [1.165, 1.54) is 11.1 Å². The second-order valence-corrected chi connectivity index (χ2v) is 5.05. The molecule has 1 saturated heterocycles. The number of fused-ring (bicyclic) bond motifs is 1.